The molecule has 66 valence electrons. The van der Waals surface area contributed by atoms with Crippen LogP contribution in [-0.2, 0) is 4.74 Å². The van der Waals surface area contributed by atoms with E-state index in [1.807, 2.05) is 0 Å². The van der Waals surface area contributed by atoms with Crippen LogP contribution >= 0.6 is 0 Å². The highest BCUT2D eigenvalue weighted by Crippen LogP contribution is 1.94. The second-order valence-electron chi connectivity index (χ2n) is 2.36. The van der Waals surface area contributed by atoms with E-state index in [1.54, 1.807) is 7.11 Å². The molecule has 11 heavy (non-hydrogen) atoms. The number of ether oxygens (including phenoxy) is 1. The highest BCUT2D eigenvalue weighted by molar-refractivity contribution is 5.75. The molecule has 0 fully saturated rings. The third-order valence-corrected chi connectivity index (χ3v) is 1.30. The van der Waals surface area contributed by atoms with Crippen molar-refractivity contribution in [2.75, 3.05) is 20.3 Å². The first-order chi connectivity index (χ1) is 5.27. The van der Waals surface area contributed by atoms with Crippen molar-refractivity contribution in [1.82, 2.24) is 0 Å². The summed E-state index contributed by atoms with van der Waals surface area (Å²) in [7, 11) is 1.70. The standard InChI is InChI=1S/C7H17N3O/c1-11-6-4-2-3-5-10-7(8)9/h2-6H2,1H3,(H4,8,9,10). The lowest BCUT2D eigenvalue weighted by molar-refractivity contribution is 0.192. The molecule has 0 aromatic heterocycles. The molecule has 0 aliphatic rings. The van der Waals surface area contributed by atoms with Crippen molar-refractivity contribution in [2.45, 2.75) is 19.3 Å². The summed E-state index contributed by atoms with van der Waals surface area (Å²) in [5.41, 5.74) is 10.3. The second-order valence-corrected chi connectivity index (χ2v) is 2.36. The van der Waals surface area contributed by atoms with E-state index in [0.29, 0.717) is 0 Å². The Labute approximate surface area is 67.6 Å². The highest BCUT2D eigenvalue weighted by Gasteiger charge is 1.87. The molecule has 0 rings (SSSR count). The molecular weight excluding hydrogens is 142 g/mol. The van der Waals surface area contributed by atoms with Crippen molar-refractivity contribution in [3.63, 3.8) is 0 Å². The summed E-state index contributed by atoms with van der Waals surface area (Å²) in [6, 6.07) is 0. The summed E-state index contributed by atoms with van der Waals surface area (Å²) in [6.07, 6.45) is 3.22. The zero-order valence-electron chi connectivity index (χ0n) is 7.05. The Morgan fingerprint density at radius 3 is 2.55 bits per heavy atom. The van der Waals surface area contributed by atoms with Gasteiger partial charge < -0.3 is 16.2 Å². The van der Waals surface area contributed by atoms with Crippen LogP contribution in [0.25, 0.3) is 0 Å². The van der Waals surface area contributed by atoms with Crippen molar-refractivity contribution in [3.8, 4) is 0 Å². The molecule has 0 saturated carbocycles. The lowest BCUT2D eigenvalue weighted by Crippen LogP contribution is -2.22. The van der Waals surface area contributed by atoms with Gasteiger partial charge >= 0.3 is 0 Å². The predicted molar refractivity (Wildman–Crippen MR) is 46.4 cm³/mol. The van der Waals surface area contributed by atoms with Crippen molar-refractivity contribution in [3.05, 3.63) is 0 Å². The molecular formula is C7H17N3O. The molecule has 0 amide bonds. The van der Waals surface area contributed by atoms with Gasteiger partial charge in [0.1, 0.15) is 0 Å². The van der Waals surface area contributed by atoms with E-state index in [4.69, 9.17) is 16.2 Å². The molecule has 0 aliphatic carbocycles. The van der Waals surface area contributed by atoms with Crippen molar-refractivity contribution in [1.29, 1.82) is 0 Å². The molecule has 0 aromatic carbocycles. The van der Waals surface area contributed by atoms with Gasteiger partial charge in [-0.15, -0.1) is 0 Å². The van der Waals surface area contributed by atoms with E-state index in [-0.39, 0.29) is 5.96 Å². The largest absolute Gasteiger partial charge is 0.385 e. The summed E-state index contributed by atoms with van der Waals surface area (Å²) in [6.45, 7) is 1.55. The fourth-order valence-corrected chi connectivity index (χ4v) is 0.743. The van der Waals surface area contributed by atoms with Gasteiger partial charge in [-0.3, -0.25) is 4.99 Å². The summed E-state index contributed by atoms with van der Waals surface area (Å²) in [5, 5.41) is 0. The average Bonchev–Trinajstić information content (AvgIpc) is 1.96. The van der Waals surface area contributed by atoms with Crippen LogP contribution < -0.4 is 11.5 Å². The highest BCUT2D eigenvalue weighted by atomic mass is 16.5. The monoisotopic (exact) mass is 159 g/mol. The number of aliphatic imine (C=N–C) groups is 1. The van der Waals surface area contributed by atoms with Gasteiger partial charge in [-0.25, -0.2) is 0 Å². The molecule has 4 heteroatoms. The zero-order valence-corrected chi connectivity index (χ0v) is 7.05. The normalized spacial score (nSPS) is 9.55. The fourth-order valence-electron chi connectivity index (χ4n) is 0.743. The van der Waals surface area contributed by atoms with Gasteiger partial charge in [0.25, 0.3) is 0 Å². The number of guanidine groups is 1. The van der Waals surface area contributed by atoms with Gasteiger partial charge in [-0.2, -0.15) is 0 Å². The minimum atomic E-state index is 0.178. The Morgan fingerprint density at radius 1 is 1.27 bits per heavy atom. The number of unbranched alkanes of at least 4 members (excludes halogenated alkanes) is 2. The Hall–Kier alpha value is -0.770. The summed E-state index contributed by atoms with van der Waals surface area (Å²) in [5.74, 6) is 0.178. The molecule has 0 aliphatic heterocycles. The van der Waals surface area contributed by atoms with E-state index < -0.39 is 0 Å². The Balaban J connectivity index is 2.97. The lowest BCUT2D eigenvalue weighted by Gasteiger charge is -1.97. The molecule has 4 nitrogen and oxygen atoms in total. The molecule has 0 bridgehead atoms. The van der Waals surface area contributed by atoms with E-state index in [9.17, 15) is 0 Å². The molecule has 4 N–H and O–H groups in total. The van der Waals surface area contributed by atoms with Crippen LogP contribution in [-0.4, -0.2) is 26.2 Å². The molecule has 0 atom stereocenters. The van der Waals surface area contributed by atoms with Gasteiger partial charge in [0.15, 0.2) is 5.96 Å². The molecule has 0 unspecified atom stereocenters. The van der Waals surface area contributed by atoms with Gasteiger partial charge in [-0.05, 0) is 19.3 Å². The quantitative estimate of drug-likeness (QED) is 0.327. The number of rotatable bonds is 6. The topological polar surface area (TPSA) is 73.6 Å². The van der Waals surface area contributed by atoms with E-state index in [0.717, 1.165) is 32.4 Å². The van der Waals surface area contributed by atoms with Gasteiger partial charge in [0.2, 0.25) is 0 Å². The van der Waals surface area contributed by atoms with Crippen LogP contribution in [0.5, 0.6) is 0 Å². The lowest BCUT2D eigenvalue weighted by atomic mass is 10.2. The summed E-state index contributed by atoms with van der Waals surface area (Å²) >= 11 is 0. The van der Waals surface area contributed by atoms with E-state index in [2.05, 4.69) is 4.99 Å². The maximum absolute atomic E-state index is 5.14. The maximum Gasteiger partial charge on any atom is 0.185 e. The first-order valence-electron chi connectivity index (χ1n) is 3.81. The molecule has 0 heterocycles. The third kappa shape index (κ3) is 9.23. The third-order valence-electron chi connectivity index (χ3n) is 1.30. The van der Waals surface area contributed by atoms with Gasteiger partial charge in [-0.1, -0.05) is 0 Å². The van der Waals surface area contributed by atoms with E-state index >= 15 is 0 Å². The zero-order chi connectivity index (χ0) is 8.53. The van der Waals surface area contributed by atoms with Crippen LogP contribution in [0, 0.1) is 0 Å². The molecule has 0 spiro atoms. The van der Waals surface area contributed by atoms with E-state index in [1.165, 1.54) is 0 Å². The average molecular weight is 159 g/mol. The van der Waals surface area contributed by atoms with Crippen molar-refractivity contribution >= 4 is 5.96 Å². The molecule has 0 saturated heterocycles. The number of methoxy groups -OCH3 is 1. The van der Waals surface area contributed by atoms with Crippen LogP contribution in [0.2, 0.25) is 0 Å². The summed E-state index contributed by atoms with van der Waals surface area (Å²) < 4.78 is 4.88. The van der Waals surface area contributed by atoms with Crippen molar-refractivity contribution in [2.24, 2.45) is 16.5 Å². The summed E-state index contributed by atoms with van der Waals surface area (Å²) in [4.78, 5) is 3.85. The van der Waals surface area contributed by atoms with Crippen LogP contribution in [0.3, 0.4) is 0 Å². The minimum Gasteiger partial charge on any atom is -0.385 e. The second kappa shape index (κ2) is 7.34. The minimum absolute atomic E-state index is 0.178. The maximum atomic E-state index is 5.14. The first-order valence-corrected chi connectivity index (χ1v) is 3.81. The molecule has 0 radical (unpaired) electrons. The van der Waals surface area contributed by atoms with Gasteiger partial charge in [0.05, 0.1) is 0 Å². The molecule has 0 aromatic rings. The predicted octanol–water partition coefficient (Wildman–Crippen LogP) is 0.0765. The van der Waals surface area contributed by atoms with Crippen LogP contribution in [0.1, 0.15) is 19.3 Å². The van der Waals surface area contributed by atoms with Crippen molar-refractivity contribution < 1.29 is 4.74 Å². The van der Waals surface area contributed by atoms with Crippen LogP contribution in [0.15, 0.2) is 4.99 Å². The Bertz CT molecular complexity index is 110. The number of nitrogens with two attached hydrogens (primary N) is 2. The first kappa shape index (κ1) is 10.2. The van der Waals surface area contributed by atoms with Crippen LogP contribution in [0.4, 0.5) is 0 Å². The number of nitrogens with zero attached hydrogens (tertiary/aromatic N) is 1. The fraction of sp³-hybridized carbons (Fsp3) is 0.857. The number of hydrogen-bond donors (Lipinski definition) is 2. The Morgan fingerprint density at radius 2 is 2.00 bits per heavy atom. The van der Waals surface area contributed by atoms with Gasteiger partial charge in [0, 0.05) is 20.3 Å². The Kier molecular flexibility index (Phi) is 6.82. The smallest absolute Gasteiger partial charge is 0.185 e. The number of hydrogen-bond acceptors (Lipinski definition) is 2. The SMILES string of the molecule is COCCCCCN=C(N)N.